The van der Waals surface area contributed by atoms with Crippen molar-refractivity contribution in [2.75, 3.05) is 7.11 Å². The van der Waals surface area contributed by atoms with Crippen molar-refractivity contribution in [2.45, 2.75) is 18.9 Å². The van der Waals surface area contributed by atoms with Crippen LogP contribution in [0.2, 0.25) is 5.02 Å². The summed E-state index contributed by atoms with van der Waals surface area (Å²) < 4.78 is 5.14. The van der Waals surface area contributed by atoms with Crippen LogP contribution in [0.1, 0.15) is 18.9 Å². The molecule has 1 aromatic carbocycles. The number of carbonyl (C=O) groups is 1. The SMILES string of the molecule is COc1ccc(Cl)cc1C(C)(N)CC(=O)O. The van der Waals surface area contributed by atoms with Gasteiger partial charge in [0, 0.05) is 10.6 Å². The summed E-state index contributed by atoms with van der Waals surface area (Å²) in [6, 6.07) is 4.97. The maximum Gasteiger partial charge on any atom is 0.305 e. The number of nitrogens with two attached hydrogens (primary N) is 1. The summed E-state index contributed by atoms with van der Waals surface area (Å²) in [5.41, 5.74) is 5.54. The third kappa shape index (κ3) is 2.87. The van der Waals surface area contributed by atoms with Gasteiger partial charge < -0.3 is 15.6 Å². The third-order valence-corrected chi connectivity index (χ3v) is 2.53. The molecule has 16 heavy (non-hydrogen) atoms. The summed E-state index contributed by atoms with van der Waals surface area (Å²) in [7, 11) is 1.50. The van der Waals surface area contributed by atoms with Gasteiger partial charge in [0.25, 0.3) is 0 Å². The van der Waals surface area contributed by atoms with Gasteiger partial charge in [-0.25, -0.2) is 0 Å². The minimum Gasteiger partial charge on any atom is -0.496 e. The van der Waals surface area contributed by atoms with Crippen molar-refractivity contribution in [1.82, 2.24) is 0 Å². The Bertz CT molecular complexity index is 404. The van der Waals surface area contributed by atoms with Crippen LogP contribution < -0.4 is 10.5 Å². The van der Waals surface area contributed by atoms with Crippen LogP contribution in [-0.2, 0) is 10.3 Å². The van der Waals surface area contributed by atoms with E-state index in [-0.39, 0.29) is 6.42 Å². The lowest BCUT2D eigenvalue weighted by Gasteiger charge is -2.25. The Balaban J connectivity index is 3.18. The minimum atomic E-state index is -1.01. The fourth-order valence-corrected chi connectivity index (χ4v) is 1.71. The van der Waals surface area contributed by atoms with Gasteiger partial charge in [-0.05, 0) is 25.1 Å². The number of carboxylic acids is 1. The van der Waals surface area contributed by atoms with Crippen molar-refractivity contribution in [1.29, 1.82) is 0 Å². The average molecular weight is 244 g/mol. The van der Waals surface area contributed by atoms with E-state index in [9.17, 15) is 4.79 Å². The molecule has 0 saturated heterocycles. The second kappa shape index (κ2) is 4.72. The van der Waals surface area contributed by atoms with Crippen molar-refractivity contribution in [3.05, 3.63) is 28.8 Å². The molecule has 1 aromatic rings. The van der Waals surface area contributed by atoms with Gasteiger partial charge in [0.15, 0.2) is 0 Å². The number of aliphatic carboxylic acids is 1. The Morgan fingerprint density at radius 1 is 1.62 bits per heavy atom. The monoisotopic (exact) mass is 243 g/mol. The van der Waals surface area contributed by atoms with Gasteiger partial charge in [0.1, 0.15) is 5.75 Å². The fourth-order valence-electron chi connectivity index (χ4n) is 1.54. The molecular weight excluding hydrogens is 230 g/mol. The number of carboxylic acid groups (broad SMARTS) is 1. The molecule has 0 fully saturated rings. The van der Waals surface area contributed by atoms with E-state index in [0.29, 0.717) is 16.3 Å². The van der Waals surface area contributed by atoms with Gasteiger partial charge in [0.05, 0.1) is 19.1 Å². The highest BCUT2D eigenvalue weighted by Gasteiger charge is 2.28. The van der Waals surface area contributed by atoms with Crippen LogP contribution in [0.25, 0.3) is 0 Å². The predicted octanol–water partition coefficient (Wildman–Crippen LogP) is 2.00. The first-order valence-electron chi connectivity index (χ1n) is 4.71. The average Bonchev–Trinajstić information content (AvgIpc) is 2.15. The standard InChI is InChI=1S/C11H14ClNO3/c1-11(13,6-10(14)15)8-5-7(12)3-4-9(8)16-2/h3-5H,6,13H2,1-2H3,(H,14,15). The van der Waals surface area contributed by atoms with Crippen molar-refractivity contribution >= 4 is 17.6 Å². The highest BCUT2D eigenvalue weighted by molar-refractivity contribution is 6.30. The van der Waals surface area contributed by atoms with Crippen LogP contribution in [0.15, 0.2) is 18.2 Å². The quantitative estimate of drug-likeness (QED) is 0.848. The number of hydrogen-bond acceptors (Lipinski definition) is 3. The smallest absolute Gasteiger partial charge is 0.305 e. The molecule has 0 aliphatic carbocycles. The molecule has 1 rings (SSSR count). The second-order valence-corrected chi connectivity index (χ2v) is 4.27. The van der Waals surface area contributed by atoms with Gasteiger partial charge >= 0.3 is 5.97 Å². The zero-order chi connectivity index (χ0) is 12.3. The first-order valence-corrected chi connectivity index (χ1v) is 5.09. The van der Waals surface area contributed by atoms with Crippen molar-refractivity contribution in [2.24, 2.45) is 5.73 Å². The lowest BCUT2D eigenvalue weighted by Crippen LogP contribution is -2.36. The molecule has 0 aliphatic rings. The first-order chi connectivity index (χ1) is 7.36. The van der Waals surface area contributed by atoms with E-state index < -0.39 is 11.5 Å². The van der Waals surface area contributed by atoms with Gasteiger partial charge in [-0.15, -0.1) is 0 Å². The lowest BCUT2D eigenvalue weighted by atomic mass is 9.89. The molecule has 1 unspecified atom stereocenters. The number of halogens is 1. The molecule has 0 spiro atoms. The largest absolute Gasteiger partial charge is 0.496 e. The topological polar surface area (TPSA) is 72.5 Å². The zero-order valence-electron chi connectivity index (χ0n) is 9.16. The number of methoxy groups -OCH3 is 1. The molecule has 0 aromatic heterocycles. The fraction of sp³-hybridized carbons (Fsp3) is 0.364. The van der Waals surface area contributed by atoms with Crippen LogP contribution >= 0.6 is 11.6 Å². The van der Waals surface area contributed by atoms with E-state index in [0.717, 1.165) is 0 Å². The summed E-state index contributed by atoms with van der Waals surface area (Å²) in [6.07, 6.45) is -0.191. The molecule has 4 nitrogen and oxygen atoms in total. The molecule has 0 radical (unpaired) electrons. The number of hydrogen-bond donors (Lipinski definition) is 2. The lowest BCUT2D eigenvalue weighted by molar-refractivity contribution is -0.138. The molecule has 0 amide bonds. The van der Waals surface area contributed by atoms with E-state index >= 15 is 0 Å². The normalized spacial score (nSPS) is 14.2. The Morgan fingerprint density at radius 3 is 2.75 bits per heavy atom. The Kier molecular flexibility index (Phi) is 3.78. The molecule has 0 aliphatic heterocycles. The first kappa shape index (κ1) is 12.8. The van der Waals surface area contributed by atoms with Gasteiger partial charge in [0.2, 0.25) is 0 Å². The Labute approximate surface area is 99.0 Å². The summed E-state index contributed by atoms with van der Waals surface area (Å²) in [6.45, 7) is 1.63. The number of ether oxygens (including phenoxy) is 1. The van der Waals surface area contributed by atoms with Gasteiger partial charge in [-0.3, -0.25) is 4.79 Å². The van der Waals surface area contributed by atoms with E-state index in [4.69, 9.17) is 27.2 Å². The molecule has 5 heteroatoms. The third-order valence-electron chi connectivity index (χ3n) is 2.30. The minimum absolute atomic E-state index is 0.191. The van der Waals surface area contributed by atoms with E-state index in [1.54, 1.807) is 25.1 Å². The number of benzene rings is 1. The molecular formula is C11H14ClNO3. The van der Waals surface area contributed by atoms with Crippen LogP contribution in [-0.4, -0.2) is 18.2 Å². The summed E-state index contributed by atoms with van der Waals surface area (Å²) in [5, 5.41) is 9.29. The molecule has 1 atom stereocenters. The second-order valence-electron chi connectivity index (χ2n) is 3.83. The maximum atomic E-state index is 10.7. The van der Waals surface area contributed by atoms with Gasteiger partial charge in [-0.2, -0.15) is 0 Å². The zero-order valence-corrected chi connectivity index (χ0v) is 9.91. The molecule has 88 valence electrons. The Morgan fingerprint density at radius 2 is 2.25 bits per heavy atom. The molecule has 0 bridgehead atoms. The molecule has 3 N–H and O–H groups in total. The maximum absolute atomic E-state index is 10.7. The summed E-state index contributed by atoms with van der Waals surface area (Å²) in [4.78, 5) is 10.7. The summed E-state index contributed by atoms with van der Waals surface area (Å²) >= 11 is 5.86. The van der Waals surface area contributed by atoms with Crippen molar-refractivity contribution < 1.29 is 14.6 Å². The van der Waals surface area contributed by atoms with Crippen molar-refractivity contribution in [3.8, 4) is 5.75 Å². The number of rotatable bonds is 4. The molecule has 0 heterocycles. The van der Waals surface area contributed by atoms with E-state index in [1.807, 2.05) is 0 Å². The van der Waals surface area contributed by atoms with E-state index in [1.165, 1.54) is 7.11 Å². The molecule has 0 saturated carbocycles. The predicted molar refractivity (Wildman–Crippen MR) is 61.8 cm³/mol. The summed E-state index contributed by atoms with van der Waals surface area (Å²) in [5.74, 6) is -0.428. The highest BCUT2D eigenvalue weighted by atomic mass is 35.5. The van der Waals surface area contributed by atoms with Crippen LogP contribution in [0, 0.1) is 0 Å². The van der Waals surface area contributed by atoms with E-state index in [2.05, 4.69) is 0 Å². The van der Waals surface area contributed by atoms with Crippen molar-refractivity contribution in [3.63, 3.8) is 0 Å². The van der Waals surface area contributed by atoms with Gasteiger partial charge in [-0.1, -0.05) is 11.6 Å². The van der Waals surface area contributed by atoms with Crippen LogP contribution in [0.4, 0.5) is 0 Å². The Hall–Kier alpha value is -1.26. The van der Waals surface area contributed by atoms with Crippen LogP contribution in [0.3, 0.4) is 0 Å². The van der Waals surface area contributed by atoms with Crippen LogP contribution in [0.5, 0.6) is 5.75 Å². The highest BCUT2D eigenvalue weighted by Crippen LogP contribution is 2.32.